The summed E-state index contributed by atoms with van der Waals surface area (Å²) in [5.74, 6) is 0. The van der Waals surface area contributed by atoms with Crippen LogP contribution in [0.5, 0.6) is 0 Å². The molecule has 0 aromatic carbocycles. The lowest BCUT2D eigenvalue weighted by Gasteiger charge is -2.05. The van der Waals surface area contributed by atoms with Crippen molar-refractivity contribution in [1.29, 1.82) is 0 Å². The fourth-order valence-electron chi connectivity index (χ4n) is 9.91. The third-order valence-electron chi connectivity index (χ3n) is 14.3. The van der Waals surface area contributed by atoms with Gasteiger partial charge in [-0.05, 0) is 12.8 Å². The molecule has 0 nitrogen and oxygen atoms in total. The molecule has 60 heavy (non-hydrogen) atoms. The van der Waals surface area contributed by atoms with Gasteiger partial charge >= 0.3 is 0 Å². The predicted octanol–water partition coefficient (Wildman–Crippen LogP) is 23.4. The molecule has 0 unspecified atom stereocenters. The molecular weight excluding hydrogens is 721 g/mol. The minimum Gasteiger partial charge on any atom is -0.103 e. The van der Waals surface area contributed by atoms with Gasteiger partial charge < -0.3 is 0 Å². The Balaban J connectivity index is 0.000000725. The first-order valence-electron chi connectivity index (χ1n) is 29.5. The third-order valence-corrected chi connectivity index (χ3v) is 14.3. The fraction of sp³-hybridized carbons (Fsp3) is 0.967. The molecule has 0 bridgehead atoms. The molecule has 4 fully saturated rings. The van der Waals surface area contributed by atoms with E-state index < -0.39 is 0 Å². The van der Waals surface area contributed by atoms with Crippen LogP contribution in [0.25, 0.3) is 0 Å². The van der Waals surface area contributed by atoms with E-state index in [0.29, 0.717) is 0 Å². The van der Waals surface area contributed by atoms with Crippen molar-refractivity contribution in [3.63, 3.8) is 0 Å². The Bertz CT molecular complexity index is 439. The lowest BCUT2D eigenvalue weighted by atomic mass is 10.0. The van der Waals surface area contributed by atoms with E-state index in [4.69, 9.17) is 0 Å². The summed E-state index contributed by atoms with van der Waals surface area (Å²) in [6, 6.07) is 0. The van der Waals surface area contributed by atoms with Gasteiger partial charge in [0.05, 0.1) is 0 Å². The lowest BCUT2D eigenvalue weighted by Crippen LogP contribution is -1.85. The van der Waals surface area contributed by atoms with Gasteiger partial charge in [0.2, 0.25) is 0 Å². The molecule has 0 N–H and O–H groups in total. The monoisotopic (exact) mass is 841 g/mol. The van der Waals surface area contributed by atoms with Crippen molar-refractivity contribution < 1.29 is 0 Å². The summed E-state index contributed by atoms with van der Waals surface area (Å²) < 4.78 is 0. The molecule has 0 radical (unpaired) electrons. The van der Waals surface area contributed by atoms with Gasteiger partial charge in [-0.25, -0.2) is 0 Å². The largest absolute Gasteiger partial charge is 0.103 e. The van der Waals surface area contributed by atoms with Crippen molar-refractivity contribution in [1.82, 2.24) is 0 Å². The minimum absolute atomic E-state index is 1.20. The van der Waals surface area contributed by atoms with E-state index in [9.17, 15) is 0 Å². The van der Waals surface area contributed by atoms with Crippen LogP contribution < -0.4 is 0 Å². The van der Waals surface area contributed by atoms with Gasteiger partial charge in [0.1, 0.15) is 0 Å². The van der Waals surface area contributed by atoms with Crippen molar-refractivity contribution in [2.75, 3.05) is 0 Å². The van der Waals surface area contributed by atoms with Crippen LogP contribution in [0.4, 0.5) is 0 Å². The second-order valence-corrected chi connectivity index (χ2v) is 20.5. The Morgan fingerprint density at radius 1 is 0.200 bits per heavy atom. The number of unbranched alkanes of at least 4 members (excludes halogenated alkanes) is 8. The summed E-state index contributed by atoms with van der Waals surface area (Å²) in [5.41, 5.74) is 0. The topological polar surface area (TPSA) is 0 Å². The molecule has 0 aromatic rings. The zero-order valence-corrected chi connectivity index (χ0v) is 42.6. The summed E-state index contributed by atoms with van der Waals surface area (Å²) in [6.07, 6.45) is 86.5. The number of hydrogen-bond donors (Lipinski definition) is 0. The maximum absolute atomic E-state index is 3.72. The van der Waals surface area contributed by atoms with Crippen molar-refractivity contribution in [3.8, 4) is 0 Å². The molecule has 0 aliphatic heterocycles. The molecule has 4 aliphatic carbocycles. The highest BCUT2D eigenvalue weighted by Crippen LogP contribution is 2.19. The lowest BCUT2D eigenvalue weighted by molar-refractivity contribution is 0.504. The van der Waals surface area contributed by atoms with Crippen molar-refractivity contribution in [2.45, 2.75) is 373 Å². The van der Waals surface area contributed by atoms with Crippen molar-refractivity contribution in [3.05, 3.63) is 12.7 Å². The first-order valence-corrected chi connectivity index (χ1v) is 29.5. The third kappa shape index (κ3) is 57.7. The van der Waals surface area contributed by atoms with Crippen LogP contribution in [0.3, 0.4) is 0 Å². The molecule has 0 saturated heterocycles. The van der Waals surface area contributed by atoms with Gasteiger partial charge in [-0.1, -0.05) is 366 Å². The molecule has 0 heteroatoms. The summed E-state index contributed by atoms with van der Waals surface area (Å²) in [7, 11) is 0. The van der Waals surface area contributed by atoms with E-state index >= 15 is 0 Å². The number of allylic oxidation sites excluding steroid dienone is 1. The summed E-state index contributed by atoms with van der Waals surface area (Å²) in [6.45, 7) is 5.99. The predicted molar refractivity (Wildman–Crippen MR) is 279 cm³/mol. The fourth-order valence-corrected chi connectivity index (χ4v) is 9.91. The normalized spacial score (nSPS) is 21.2. The standard InChI is InChI=1S/5C12H24/c4*1-2-4-6-8-10-12-11-9-7-5-3-1;1-3-5-7-9-11-12-10-8-6-4-2/h4*1-12H2;3H,1,4-12H2,2H3. The van der Waals surface area contributed by atoms with Gasteiger partial charge in [-0.2, -0.15) is 0 Å². The Morgan fingerprint density at radius 2 is 0.317 bits per heavy atom. The average molecular weight is 842 g/mol. The van der Waals surface area contributed by atoms with E-state index in [2.05, 4.69) is 13.5 Å². The van der Waals surface area contributed by atoms with Crippen LogP contribution in [0.2, 0.25) is 0 Å². The van der Waals surface area contributed by atoms with Gasteiger partial charge in [0, 0.05) is 0 Å². The zero-order chi connectivity index (χ0) is 43.0. The molecular formula is C60H120. The number of rotatable bonds is 9. The van der Waals surface area contributed by atoms with Crippen LogP contribution >= 0.6 is 0 Å². The van der Waals surface area contributed by atoms with Crippen LogP contribution in [0.1, 0.15) is 373 Å². The second kappa shape index (κ2) is 58.7. The van der Waals surface area contributed by atoms with E-state index in [1.165, 1.54) is 366 Å². The molecule has 0 aromatic heterocycles. The molecule has 0 atom stereocenters. The molecule has 360 valence electrons. The van der Waals surface area contributed by atoms with Crippen LogP contribution in [-0.2, 0) is 0 Å². The Morgan fingerprint density at radius 3 is 0.433 bits per heavy atom. The van der Waals surface area contributed by atoms with Crippen molar-refractivity contribution >= 4 is 0 Å². The smallest absolute Gasteiger partial charge is 0.0353 e. The summed E-state index contributed by atoms with van der Waals surface area (Å²) >= 11 is 0. The summed E-state index contributed by atoms with van der Waals surface area (Å²) in [5, 5.41) is 0. The average Bonchev–Trinajstić information content (AvgIpc) is 3.24. The number of hydrogen-bond acceptors (Lipinski definition) is 0. The highest BCUT2D eigenvalue weighted by Gasteiger charge is 2.00. The Labute approximate surface area is 384 Å². The quantitative estimate of drug-likeness (QED) is 0.160. The molecule has 4 saturated carbocycles. The van der Waals surface area contributed by atoms with Gasteiger partial charge in [0.15, 0.2) is 0 Å². The Kier molecular flexibility index (Phi) is 58.5. The van der Waals surface area contributed by atoms with E-state index in [-0.39, 0.29) is 0 Å². The molecule has 4 aliphatic rings. The highest BCUT2D eigenvalue weighted by atomic mass is 14.1. The van der Waals surface area contributed by atoms with Crippen LogP contribution in [0.15, 0.2) is 12.7 Å². The maximum atomic E-state index is 3.72. The van der Waals surface area contributed by atoms with Crippen LogP contribution in [0, 0.1) is 0 Å². The molecule has 0 heterocycles. The molecule has 0 spiro atoms. The second-order valence-electron chi connectivity index (χ2n) is 20.5. The minimum atomic E-state index is 1.20. The summed E-state index contributed by atoms with van der Waals surface area (Å²) in [4.78, 5) is 0. The molecule has 4 rings (SSSR count). The van der Waals surface area contributed by atoms with Gasteiger partial charge in [-0.3, -0.25) is 0 Å². The van der Waals surface area contributed by atoms with Crippen molar-refractivity contribution in [2.24, 2.45) is 0 Å². The highest BCUT2D eigenvalue weighted by molar-refractivity contribution is 4.65. The van der Waals surface area contributed by atoms with E-state index in [1.54, 1.807) is 0 Å². The maximum Gasteiger partial charge on any atom is -0.0353 e. The first kappa shape index (κ1) is 59.7. The SMILES string of the molecule is C1CCCCCCCCCCC1.C1CCCCCCCCCCC1.C1CCCCCCCCCCC1.C1CCCCCCCCCCC1.C=CCCCCCCCCCC. The van der Waals surface area contributed by atoms with E-state index in [1.807, 2.05) is 6.08 Å². The molecule has 0 amide bonds. The first-order chi connectivity index (χ1) is 29.9. The van der Waals surface area contributed by atoms with E-state index in [0.717, 1.165) is 0 Å². The van der Waals surface area contributed by atoms with Gasteiger partial charge in [0.25, 0.3) is 0 Å². The zero-order valence-electron chi connectivity index (χ0n) is 42.6. The van der Waals surface area contributed by atoms with Gasteiger partial charge in [-0.15, -0.1) is 6.58 Å². The Hall–Kier alpha value is -0.260. The van der Waals surface area contributed by atoms with Crippen LogP contribution in [-0.4, -0.2) is 0 Å².